The molecule has 12 nitrogen and oxygen atoms in total. The van der Waals surface area contributed by atoms with Crippen LogP contribution < -0.4 is 16.2 Å². The first-order valence-corrected chi connectivity index (χ1v) is 9.71. The number of hydrogen-bond donors (Lipinski definition) is 2. The number of carbonyl (C=O) groups excluding carboxylic acids is 2. The Balaban J connectivity index is 1.54. The zero-order valence-electron chi connectivity index (χ0n) is 16.4. The van der Waals surface area contributed by atoms with Gasteiger partial charge in [-0.25, -0.2) is 14.5 Å². The van der Waals surface area contributed by atoms with Crippen LogP contribution in [0.3, 0.4) is 0 Å². The van der Waals surface area contributed by atoms with Gasteiger partial charge in [0, 0.05) is 12.1 Å². The van der Waals surface area contributed by atoms with Gasteiger partial charge in [0.05, 0.1) is 11.1 Å². The van der Waals surface area contributed by atoms with Gasteiger partial charge in [0.2, 0.25) is 5.91 Å². The molecule has 12 heteroatoms. The maximum Gasteiger partial charge on any atom is 0.321 e. The predicted molar refractivity (Wildman–Crippen MR) is 109 cm³/mol. The molecular weight excluding hydrogens is 406 g/mol. The van der Waals surface area contributed by atoms with Crippen molar-refractivity contribution < 1.29 is 14.5 Å². The molecule has 0 aliphatic heterocycles. The highest BCUT2D eigenvalue weighted by atomic mass is 16.6. The summed E-state index contributed by atoms with van der Waals surface area (Å²) in [7, 11) is 0. The number of aromatic nitrogens is 4. The molecule has 0 saturated heterocycles. The van der Waals surface area contributed by atoms with E-state index in [1.807, 2.05) is 0 Å². The zero-order valence-corrected chi connectivity index (χ0v) is 16.4. The number of carbonyl (C=O) groups is 2. The van der Waals surface area contributed by atoms with E-state index in [9.17, 15) is 24.5 Å². The molecule has 1 saturated carbocycles. The minimum Gasteiger partial charge on any atom is -0.335 e. The van der Waals surface area contributed by atoms with Crippen LogP contribution in [-0.4, -0.2) is 42.2 Å². The SMILES string of the molecule is O=C(Cn1cnc2c(cnn2-c2ccccc2[N+](=O)[O-])c1=O)NC(=O)NC1CCCC1. The molecular formula is C19H19N7O5. The first-order chi connectivity index (χ1) is 14.9. The van der Waals surface area contributed by atoms with Crippen LogP contribution in [0.1, 0.15) is 25.7 Å². The van der Waals surface area contributed by atoms with E-state index in [-0.39, 0.29) is 28.5 Å². The molecule has 0 radical (unpaired) electrons. The number of benzene rings is 1. The van der Waals surface area contributed by atoms with Crippen LogP contribution in [-0.2, 0) is 11.3 Å². The summed E-state index contributed by atoms with van der Waals surface area (Å²) in [5.41, 5.74) is -0.462. The van der Waals surface area contributed by atoms with Crippen molar-refractivity contribution in [2.24, 2.45) is 0 Å². The van der Waals surface area contributed by atoms with Gasteiger partial charge in [-0.15, -0.1) is 0 Å². The second kappa shape index (κ2) is 8.34. The van der Waals surface area contributed by atoms with Gasteiger partial charge in [-0.2, -0.15) is 5.10 Å². The van der Waals surface area contributed by atoms with Crippen molar-refractivity contribution in [2.45, 2.75) is 38.3 Å². The molecule has 2 heterocycles. The van der Waals surface area contributed by atoms with E-state index in [0.29, 0.717) is 0 Å². The first kappa shape index (κ1) is 20.2. The number of nitro groups is 1. The van der Waals surface area contributed by atoms with Crippen LogP contribution in [0.25, 0.3) is 16.7 Å². The van der Waals surface area contributed by atoms with Crippen LogP contribution in [0, 0.1) is 10.1 Å². The fraction of sp³-hybridized carbons (Fsp3) is 0.316. The van der Waals surface area contributed by atoms with Crippen molar-refractivity contribution in [1.82, 2.24) is 30.0 Å². The van der Waals surface area contributed by atoms with Crippen molar-refractivity contribution in [3.05, 3.63) is 57.3 Å². The maximum atomic E-state index is 12.7. The molecule has 4 rings (SSSR count). The molecule has 31 heavy (non-hydrogen) atoms. The highest BCUT2D eigenvalue weighted by molar-refractivity contribution is 5.94. The number of fused-ring (bicyclic) bond motifs is 1. The summed E-state index contributed by atoms with van der Waals surface area (Å²) in [6, 6.07) is 5.41. The van der Waals surface area contributed by atoms with Crippen LogP contribution in [0.15, 0.2) is 41.6 Å². The van der Waals surface area contributed by atoms with Crippen LogP contribution in [0.5, 0.6) is 0 Å². The van der Waals surface area contributed by atoms with Crippen LogP contribution in [0.2, 0.25) is 0 Å². The molecule has 3 aromatic rings. The third-order valence-corrected chi connectivity index (χ3v) is 5.12. The highest BCUT2D eigenvalue weighted by Crippen LogP contribution is 2.23. The van der Waals surface area contributed by atoms with Gasteiger partial charge in [0.1, 0.15) is 23.9 Å². The Bertz CT molecular complexity index is 1230. The van der Waals surface area contributed by atoms with Crippen molar-refractivity contribution >= 4 is 28.7 Å². The van der Waals surface area contributed by atoms with Gasteiger partial charge in [-0.3, -0.25) is 29.6 Å². The normalized spacial score (nSPS) is 13.9. The minimum absolute atomic E-state index is 0.0569. The molecule has 0 bridgehead atoms. The van der Waals surface area contributed by atoms with E-state index in [1.165, 1.54) is 29.1 Å². The predicted octanol–water partition coefficient (Wildman–Crippen LogP) is 1.26. The third kappa shape index (κ3) is 4.13. The molecule has 160 valence electrons. The summed E-state index contributed by atoms with van der Waals surface area (Å²) in [5, 5.41) is 20.4. The average Bonchev–Trinajstić information content (AvgIpc) is 3.40. The molecule has 3 amide bonds. The largest absolute Gasteiger partial charge is 0.335 e. The Morgan fingerprint density at radius 2 is 1.97 bits per heavy atom. The Kier molecular flexibility index (Phi) is 5.43. The van der Waals surface area contributed by atoms with Gasteiger partial charge in [-0.1, -0.05) is 25.0 Å². The fourth-order valence-electron chi connectivity index (χ4n) is 3.65. The number of nitrogens with one attached hydrogen (secondary N) is 2. The van der Waals surface area contributed by atoms with Gasteiger partial charge >= 0.3 is 6.03 Å². The van der Waals surface area contributed by atoms with Crippen molar-refractivity contribution in [3.63, 3.8) is 0 Å². The molecule has 1 aliphatic carbocycles. The summed E-state index contributed by atoms with van der Waals surface area (Å²) in [6.07, 6.45) is 6.23. The van der Waals surface area contributed by atoms with Crippen molar-refractivity contribution in [1.29, 1.82) is 0 Å². The van der Waals surface area contributed by atoms with E-state index in [4.69, 9.17) is 0 Å². The number of amides is 3. The number of nitro benzene ring substituents is 1. The average molecular weight is 425 g/mol. The summed E-state index contributed by atoms with van der Waals surface area (Å²) in [6.45, 7) is -0.406. The number of rotatable bonds is 5. The van der Waals surface area contributed by atoms with E-state index in [1.54, 1.807) is 6.07 Å². The summed E-state index contributed by atoms with van der Waals surface area (Å²) < 4.78 is 2.25. The van der Waals surface area contributed by atoms with E-state index >= 15 is 0 Å². The quantitative estimate of drug-likeness (QED) is 0.461. The second-order valence-electron chi connectivity index (χ2n) is 7.22. The minimum atomic E-state index is -0.662. The lowest BCUT2D eigenvalue weighted by Crippen LogP contribution is -2.45. The molecule has 0 unspecified atom stereocenters. The van der Waals surface area contributed by atoms with E-state index in [2.05, 4.69) is 20.7 Å². The van der Waals surface area contributed by atoms with Gasteiger partial charge < -0.3 is 5.32 Å². The van der Waals surface area contributed by atoms with Crippen LogP contribution >= 0.6 is 0 Å². The number of urea groups is 1. The molecule has 2 N–H and O–H groups in total. The van der Waals surface area contributed by atoms with E-state index < -0.39 is 29.0 Å². The Morgan fingerprint density at radius 3 is 2.71 bits per heavy atom. The number of imide groups is 1. The molecule has 1 fully saturated rings. The van der Waals surface area contributed by atoms with Crippen molar-refractivity contribution in [2.75, 3.05) is 0 Å². The van der Waals surface area contributed by atoms with Crippen molar-refractivity contribution in [3.8, 4) is 5.69 Å². The Labute approximate surface area is 175 Å². The van der Waals surface area contributed by atoms with Gasteiger partial charge in [0.25, 0.3) is 11.2 Å². The Morgan fingerprint density at radius 1 is 1.23 bits per heavy atom. The topological polar surface area (TPSA) is 154 Å². The number of hydrogen-bond acceptors (Lipinski definition) is 7. The lowest BCUT2D eigenvalue weighted by atomic mass is 10.2. The summed E-state index contributed by atoms with van der Waals surface area (Å²) >= 11 is 0. The molecule has 1 aliphatic rings. The standard InChI is InChI=1S/C19H19N7O5/c27-16(23-19(29)22-12-5-1-2-6-12)10-24-11-20-17-13(18(24)28)9-21-25(17)14-7-3-4-8-15(14)26(30)31/h3-4,7-9,11-12H,1-2,5-6,10H2,(H2,22,23,27,29). The summed E-state index contributed by atoms with van der Waals surface area (Å²) in [5.74, 6) is -0.662. The zero-order chi connectivity index (χ0) is 22.0. The van der Waals surface area contributed by atoms with E-state index in [0.717, 1.165) is 36.6 Å². The maximum absolute atomic E-state index is 12.7. The molecule has 2 aromatic heterocycles. The molecule has 0 atom stereocenters. The van der Waals surface area contributed by atoms with Gasteiger partial charge in [-0.05, 0) is 18.9 Å². The highest BCUT2D eigenvalue weighted by Gasteiger charge is 2.21. The smallest absolute Gasteiger partial charge is 0.321 e. The first-order valence-electron chi connectivity index (χ1n) is 9.71. The number of nitrogens with zero attached hydrogens (tertiary/aromatic N) is 5. The number of para-hydroxylation sites is 2. The summed E-state index contributed by atoms with van der Waals surface area (Å²) in [4.78, 5) is 51.7. The van der Waals surface area contributed by atoms with Gasteiger partial charge in [0.15, 0.2) is 5.65 Å². The molecule has 0 spiro atoms. The lowest BCUT2D eigenvalue weighted by Gasteiger charge is -2.12. The fourth-order valence-corrected chi connectivity index (χ4v) is 3.65. The van der Waals surface area contributed by atoms with Crippen LogP contribution in [0.4, 0.5) is 10.5 Å². The Hall–Kier alpha value is -4.09. The monoisotopic (exact) mass is 425 g/mol. The second-order valence-corrected chi connectivity index (χ2v) is 7.22. The molecule has 1 aromatic carbocycles. The lowest BCUT2D eigenvalue weighted by molar-refractivity contribution is -0.384. The third-order valence-electron chi connectivity index (χ3n) is 5.12.